The van der Waals surface area contributed by atoms with Crippen LogP contribution in [0.15, 0.2) is 29.2 Å². The maximum atomic E-state index is 11.8. The average molecular weight is 259 g/mol. The predicted molar refractivity (Wildman–Crippen MR) is 64.1 cm³/mol. The van der Waals surface area contributed by atoms with Gasteiger partial charge in [0.05, 0.1) is 24.7 Å². The van der Waals surface area contributed by atoms with E-state index in [2.05, 4.69) is 0 Å². The Balaban J connectivity index is 2.75. The second-order valence-electron chi connectivity index (χ2n) is 3.71. The Morgan fingerprint density at radius 1 is 1.24 bits per heavy atom. The molecule has 0 atom stereocenters. The van der Waals surface area contributed by atoms with Gasteiger partial charge in [-0.3, -0.25) is 0 Å². The SMILES string of the molecule is CN(C)S(=O)(=O)c1ccc(COCCO)cc1. The van der Waals surface area contributed by atoms with Crippen LogP contribution in [0.4, 0.5) is 0 Å². The lowest BCUT2D eigenvalue weighted by Gasteiger charge is -2.11. The van der Waals surface area contributed by atoms with Gasteiger partial charge in [-0.25, -0.2) is 12.7 Å². The zero-order chi connectivity index (χ0) is 12.9. The highest BCUT2D eigenvalue weighted by Crippen LogP contribution is 2.14. The van der Waals surface area contributed by atoms with E-state index >= 15 is 0 Å². The fourth-order valence-electron chi connectivity index (χ4n) is 1.22. The van der Waals surface area contributed by atoms with E-state index in [9.17, 15) is 8.42 Å². The summed E-state index contributed by atoms with van der Waals surface area (Å²) in [5.74, 6) is 0. The summed E-state index contributed by atoms with van der Waals surface area (Å²) in [5, 5.41) is 8.55. The maximum Gasteiger partial charge on any atom is 0.242 e. The molecule has 1 aromatic rings. The summed E-state index contributed by atoms with van der Waals surface area (Å²) in [7, 11) is -0.379. The van der Waals surface area contributed by atoms with Gasteiger partial charge in [-0.05, 0) is 17.7 Å². The molecule has 5 nitrogen and oxygen atoms in total. The third-order valence-corrected chi connectivity index (χ3v) is 4.04. The van der Waals surface area contributed by atoms with Crippen molar-refractivity contribution in [2.75, 3.05) is 27.3 Å². The Hall–Kier alpha value is -0.950. The molecule has 0 aliphatic carbocycles. The summed E-state index contributed by atoms with van der Waals surface area (Å²) in [6, 6.07) is 6.50. The van der Waals surface area contributed by atoms with E-state index in [4.69, 9.17) is 9.84 Å². The lowest BCUT2D eigenvalue weighted by atomic mass is 10.2. The first-order valence-electron chi connectivity index (χ1n) is 5.18. The highest BCUT2D eigenvalue weighted by atomic mass is 32.2. The van der Waals surface area contributed by atoms with Gasteiger partial charge in [-0.1, -0.05) is 12.1 Å². The van der Waals surface area contributed by atoms with Crippen LogP contribution in [0.5, 0.6) is 0 Å². The highest BCUT2D eigenvalue weighted by Gasteiger charge is 2.16. The summed E-state index contributed by atoms with van der Waals surface area (Å²) < 4.78 is 29.8. The minimum Gasteiger partial charge on any atom is -0.394 e. The van der Waals surface area contributed by atoms with Crippen LogP contribution < -0.4 is 0 Å². The molecule has 0 bridgehead atoms. The Labute approximate surface area is 102 Å². The van der Waals surface area contributed by atoms with Crippen LogP contribution in [0.2, 0.25) is 0 Å². The van der Waals surface area contributed by atoms with Crippen LogP contribution in [0.25, 0.3) is 0 Å². The zero-order valence-electron chi connectivity index (χ0n) is 9.96. The van der Waals surface area contributed by atoms with E-state index in [1.54, 1.807) is 24.3 Å². The van der Waals surface area contributed by atoms with Gasteiger partial charge >= 0.3 is 0 Å². The van der Waals surface area contributed by atoms with Crippen molar-refractivity contribution >= 4 is 10.0 Å². The molecule has 1 rings (SSSR count). The first-order chi connectivity index (χ1) is 7.98. The standard InChI is InChI=1S/C11H17NO4S/c1-12(2)17(14,15)11-5-3-10(4-6-11)9-16-8-7-13/h3-6,13H,7-9H2,1-2H3. The third kappa shape index (κ3) is 3.78. The minimum atomic E-state index is -3.37. The van der Waals surface area contributed by atoms with Crippen LogP contribution in [-0.4, -0.2) is 45.1 Å². The van der Waals surface area contributed by atoms with Crippen LogP contribution >= 0.6 is 0 Å². The molecule has 0 radical (unpaired) electrons. The van der Waals surface area contributed by atoms with Crippen LogP contribution in [0.3, 0.4) is 0 Å². The number of hydrogen-bond acceptors (Lipinski definition) is 4. The van der Waals surface area contributed by atoms with Crippen molar-refractivity contribution < 1.29 is 18.3 Å². The van der Waals surface area contributed by atoms with Crippen molar-refractivity contribution in [2.45, 2.75) is 11.5 Å². The molecule has 0 aliphatic rings. The van der Waals surface area contributed by atoms with Gasteiger partial charge in [-0.15, -0.1) is 0 Å². The van der Waals surface area contributed by atoms with E-state index < -0.39 is 10.0 Å². The molecule has 17 heavy (non-hydrogen) atoms. The van der Waals surface area contributed by atoms with Gasteiger partial charge in [-0.2, -0.15) is 0 Å². The van der Waals surface area contributed by atoms with Crippen LogP contribution in [0, 0.1) is 0 Å². The molecule has 0 heterocycles. The first-order valence-corrected chi connectivity index (χ1v) is 6.62. The first kappa shape index (κ1) is 14.1. The molecule has 0 saturated heterocycles. The van der Waals surface area contributed by atoms with Crippen molar-refractivity contribution in [1.82, 2.24) is 4.31 Å². The van der Waals surface area contributed by atoms with E-state index in [0.717, 1.165) is 5.56 Å². The molecule has 0 fully saturated rings. The number of sulfonamides is 1. The molecule has 96 valence electrons. The summed E-state index contributed by atoms with van der Waals surface area (Å²) in [5.41, 5.74) is 0.871. The number of aliphatic hydroxyl groups is 1. The molecule has 1 aromatic carbocycles. The topological polar surface area (TPSA) is 66.8 Å². The number of ether oxygens (including phenoxy) is 1. The minimum absolute atomic E-state index is 0.0207. The molecule has 0 aromatic heterocycles. The lowest BCUT2D eigenvalue weighted by Crippen LogP contribution is -2.22. The molecule has 0 spiro atoms. The summed E-state index contributed by atoms with van der Waals surface area (Å²) >= 11 is 0. The molecule has 0 unspecified atom stereocenters. The smallest absolute Gasteiger partial charge is 0.242 e. The normalized spacial score (nSPS) is 12.0. The Bertz CT molecular complexity index is 439. The lowest BCUT2D eigenvalue weighted by molar-refractivity contribution is 0.0815. The molecule has 0 aliphatic heterocycles. The zero-order valence-corrected chi connectivity index (χ0v) is 10.8. The van der Waals surface area contributed by atoms with Gasteiger partial charge in [0.1, 0.15) is 0 Å². The average Bonchev–Trinajstić information content (AvgIpc) is 2.30. The van der Waals surface area contributed by atoms with Crippen molar-refractivity contribution in [2.24, 2.45) is 0 Å². The summed E-state index contributed by atoms with van der Waals surface area (Å²) in [4.78, 5) is 0.258. The largest absolute Gasteiger partial charge is 0.394 e. The number of aliphatic hydroxyl groups excluding tert-OH is 1. The van der Waals surface area contributed by atoms with Gasteiger partial charge in [0.2, 0.25) is 10.0 Å². The maximum absolute atomic E-state index is 11.8. The van der Waals surface area contributed by atoms with Crippen LogP contribution in [-0.2, 0) is 21.4 Å². The molecule has 0 amide bonds. The number of benzene rings is 1. The fourth-order valence-corrected chi connectivity index (χ4v) is 2.12. The van der Waals surface area contributed by atoms with Gasteiger partial charge in [0, 0.05) is 14.1 Å². The van der Waals surface area contributed by atoms with E-state index in [1.807, 2.05) is 0 Å². The summed E-state index contributed by atoms with van der Waals surface area (Å²) in [6.07, 6.45) is 0. The van der Waals surface area contributed by atoms with Crippen molar-refractivity contribution in [3.05, 3.63) is 29.8 Å². The summed E-state index contributed by atoms with van der Waals surface area (Å²) in [6.45, 7) is 0.619. The number of hydrogen-bond donors (Lipinski definition) is 1. The second kappa shape index (κ2) is 6.11. The van der Waals surface area contributed by atoms with Gasteiger partial charge in [0.25, 0.3) is 0 Å². The Kier molecular flexibility index (Phi) is 5.07. The fraction of sp³-hybridized carbons (Fsp3) is 0.455. The molecule has 0 saturated carbocycles. The third-order valence-electron chi connectivity index (χ3n) is 2.21. The Morgan fingerprint density at radius 3 is 2.29 bits per heavy atom. The van der Waals surface area contributed by atoms with E-state index in [1.165, 1.54) is 18.4 Å². The highest BCUT2D eigenvalue weighted by molar-refractivity contribution is 7.89. The van der Waals surface area contributed by atoms with Crippen molar-refractivity contribution in [3.63, 3.8) is 0 Å². The predicted octanol–water partition coefficient (Wildman–Crippen LogP) is 0.446. The number of rotatable bonds is 6. The number of nitrogens with zero attached hydrogens (tertiary/aromatic N) is 1. The van der Waals surface area contributed by atoms with Gasteiger partial charge < -0.3 is 9.84 Å². The van der Waals surface area contributed by atoms with E-state index in [-0.39, 0.29) is 18.1 Å². The van der Waals surface area contributed by atoms with Gasteiger partial charge in [0.15, 0.2) is 0 Å². The quantitative estimate of drug-likeness (QED) is 0.753. The van der Waals surface area contributed by atoms with Crippen molar-refractivity contribution in [3.8, 4) is 0 Å². The molecule has 1 N–H and O–H groups in total. The van der Waals surface area contributed by atoms with E-state index in [0.29, 0.717) is 6.61 Å². The van der Waals surface area contributed by atoms with Crippen LogP contribution in [0.1, 0.15) is 5.56 Å². The molecular formula is C11H17NO4S. The van der Waals surface area contributed by atoms with Crippen molar-refractivity contribution in [1.29, 1.82) is 0 Å². The second-order valence-corrected chi connectivity index (χ2v) is 5.86. The Morgan fingerprint density at radius 2 is 1.82 bits per heavy atom. The molecular weight excluding hydrogens is 242 g/mol. The molecule has 6 heteroatoms. The monoisotopic (exact) mass is 259 g/mol.